The fourth-order valence-corrected chi connectivity index (χ4v) is 2.53. The predicted octanol–water partition coefficient (Wildman–Crippen LogP) is 4.01. The number of nitrogens with zero attached hydrogens (tertiary/aromatic N) is 1. The average molecular weight is 312 g/mol. The molecule has 0 saturated carbocycles. The van der Waals surface area contributed by atoms with Gasteiger partial charge in [0.25, 0.3) is 11.6 Å². The number of nitrogens with one attached hydrogen (secondary N) is 1. The predicted molar refractivity (Wildman–Crippen MR) is 89.6 cm³/mol. The Morgan fingerprint density at radius 3 is 2.39 bits per heavy atom. The molecule has 5 nitrogen and oxygen atoms in total. The van der Waals surface area contributed by atoms with Crippen molar-refractivity contribution in [3.05, 3.63) is 74.3 Å². The van der Waals surface area contributed by atoms with Gasteiger partial charge in [-0.2, -0.15) is 0 Å². The fraction of sp³-hybridized carbons (Fsp3) is 0.278. The number of aryl methyl sites for hydroxylation is 3. The molecule has 0 unspecified atom stereocenters. The second-order valence-corrected chi connectivity index (χ2v) is 5.81. The first-order valence-electron chi connectivity index (χ1n) is 7.42. The molecule has 0 saturated heterocycles. The zero-order chi connectivity index (χ0) is 17.1. The van der Waals surface area contributed by atoms with Gasteiger partial charge in [-0.05, 0) is 44.9 Å². The van der Waals surface area contributed by atoms with Gasteiger partial charge >= 0.3 is 0 Å². The summed E-state index contributed by atoms with van der Waals surface area (Å²) < 4.78 is 0. The summed E-state index contributed by atoms with van der Waals surface area (Å²) in [5.41, 5.74) is 4.04. The molecule has 0 fully saturated rings. The first kappa shape index (κ1) is 16.7. The van der Waals surface area contributed by atoms with Gasteiger partial charge in [0.05, 0.1) is 11.0 Å². The van der Waals surface area contributed by atoms with E-state index >= 15 is 0 Å². The van der Waals surface area contributed by atoms with E-state index in [0.717, 1.165) is 16.7 Å². The Morgan fingerprint density at radius 2 is 1.74 bits per heavy atom. The zero-order valence-electron chi connectivity index (χ0n) is 13.7. The lowest BCUT2D eigenvalue weighted by Crippen LogP contribution is -2.27. The Kier molecular flexibility index (Phi) is 4.79. The minimum Gasteiger partial charge on any atom is -0.346 e. The van der Waals surface area contributed by atoms with Crippen molar-refractivity contribution in [1.29, 1.82) is 0 Å². The van der Waals surface area contributed by atoms with E-state index in [1.54, 1.807) is 19.1 Å². The van der Waals surface area contributed by atoms with Gasteiger partial charge in [-0.25, -0.2) is 0 Å². The number of rotatable bonds is 4. The summed E-state index contributed by atoms with van der Waals surface area (Å²) in [6.45, 7) is 7.55. The fourth-order valence-electron chi connectivity index (χ4n) is 2.53. The van der Waals surface area contributed by atoms with E-state index in [0.29, 0.717) is 11.1 Å². The summed E-state index contributed by atoms with van der Waals surface area (Å²) in [6.07, 6.45) is 0. The van der Waals surface area contributed by atoms with E-state index < -0.39 is 4.92 Å². The van der Waals surface area contributed by atoms with Gasteiger partial charge < -0.3 is 5.32 Å². The van der Waals surface area contributed by atoms with Crippen LogP contribution in [0.2, 0.25) is 0 Å². The minimum absolute atomic E-state index is 0.0444. The lowest BCUT2D eigenvalue weighted by atomic mass is 9.99. The molecule has 1 N–H and O–H groups in total. The second kappa shape index (κ2) is 6.60. The Hall–Kier alpha value is -2.69. The molecule has 2 aromatic rings. The molecule has 0 aromatic heterocycles. The maximum Gasteiger partial charge on any atom is 0.273 e. The standard InChI is InChI=1S/C18H20N2O3/c1-11-5-6-12(2)16(9-11)14(4)19-18(21)15-8-7-13(3)17(10-15)20(22)23/h5-10,14H,1-4H3,(H,19,21)/t14-/m0/s1. The number of carbonyl (C=O) groups is 1. The monoisotopic (exact) mass is 312 g/mol. The Balaban J connectivity index is 2.23. The second-order valence-electron chi connectivity index (χ2n) is 5.81. The van der Waals surface area contributed by atoms with Crippen LogP contribution in [0, 0.1) is 30.9 Å². The van der Waals surface area contributed by atoms with Crippen LogP contribution in [0.25, 0.3) is 0 Å². The van der Waals surface area contributed by atoms with Crippen molar-refractivity contribution in [1.82, 2.24) is 5.32 Å². The Bertz CT molecular complexity index is 769. The van der Waals surface area contributed by atoms with Gasteiger partial charge in [0, 0.05) is 17.2 Å². The van der Waals surface area contributed by atoms with Gasteiger partial charge in [-0.3, -0.25) is 14.9 Å². The summed E-state index contributed by atoms with van der Waals surface area (Å²) in [5, 5.41) is 13.9. The highest BCUT2D eigenvalue weighted by atomic mass is 16.6. The third-order valence-electron chi connectivity index (χ3n) is 3.92. The maximum atomic E-state index is 12.4. The molecule has 1 atom stereocenters. The summed E-state index contributed by atoms with van der Waals surface area (Å²) in [5.74, 6) is -0.318. The van der Waals surface area contributed by atoms with Crippen molar-refractivity contribution < 1.29 is 9.72 Å². The van der Waals surface area contributed by atoms with Gasteiger partial charge in [0.1, 0.15) is 0 Å². The third kappa shape index (κ3) is 3.74. The summed E-state index contributed by atoms with van der Waals surface area (Å²) in [7, 11) is 0. The van der Waals surface area contributed by atoms with E-state index in [4.69, 9.17) is 0 Å². The van der Waals surface area contributed by atoms with Crippen LogP contribution in [-0.4, -0.2) is 10.8 Å². The van der Waals surface area contributed by atoms with Crippen LogP contribution in [0.15, 0.2) is 36.4 Å². The normalized spacial score (nSPS) is 11.8. The quantitative estimate of drug-likeness (QED) is 0.685. The molecule has 0 heterocycles. The molecule has 120 valence electrons. The number of hydrogen-bond donors (Lipinski definition) is 1. The molecule has 23 heavy (non-hydrogen) atoms. The first-order valence-corrected chi connectivity index (χ1v) is 7.42. The van der Waals surface area contributed by atoms with Gasteiger partial charge in [0.15, 0.2) is 0 Å². The lowest BCUT2D eigenvalue weighted by Gasteiger charge is -2.17. The van der Waals surface area contributed by atoms with Gasteiger partial charge in [-0.15, -0.1) is 0 Å². The first-order chi connectivity index (χ1) is 10.8. The van der Waals surface area contributed by atoms with Crippen LogP contribution in [0.4, 0.5) is 5.69 Å². The number of nitro groups is 1. The van der Waals surface area contributed by atoms with Gasteiger partial charge in [-0.1, -0.05) is 29.8 Å². The third-order valence-corrected chi connectivity index (χ3v) is 3.92. The van der Waals surface area contributed by atoms with Crippen molar-refractivity contribution >= 4 is 11.6 Å². The molecule has 5 heteroatoms. The van der Waals surface area contributed by atoms with Gasteiger partial charge in [0.2, 0.25) is 0 Å². The number of amides is 1. The van der Waals surface area contributed by atoms with Crippen molar-refractivity contribution in [3.8, 4) is 0 Å². The number of hydrogen-bond acceptors (Lipinski definition) is 3. The van der Waals surface area contributed by atoms with E-state index in [-0.39, 0.29) is 17.6 Å². The van der Waals surface area contributed by atoms with Crippen molar-refractivity contribution in [2.45, 2.75) is 33.7 Å². The van der Waals surface area contributed by atoms with Crippen LogP contribution in [-0.2, 0) is 0 Å². The van der Waals surface area contributed by atoms with Crippen LogP contribution < -0.4 is 5.32 Å². The van der Waals surface area contributed by atoms with Crippen LogP contribution >= 0.6 is 0 Å². The average Bonchev–Trinajstić information content (AvgIpc) is 2.49. The molecule has 1 amide bonds. The molecular weight excluding hydrogens is 292 g/mol. The summed E-state index contributed by atoms with van der Waals surface area (Å²) in [6, 6.07) is 10.4. The van der Waals surface area contributed by atoms with Crippen LogP contribution in [0.5, 0.6) is 0 Å². The maximum absolute atomic E-state index is 12.4. The van der Waals surface area contributed by atoms with Crippen molar-refractivity contribution in [2.24, 2.45) is 0 Å². The topological polar surface area (TPSA) is 72.2 Å². The highest BCUT2D eigenvalue weighted by molar-refractivity contribution is 5.95. The van der Waals surface area contributed by atoms with Crippen molar-refractivity contribution in [3.63, 3.8) is 0 Å². The molecule has 2 rings (SSSR count). The van der Waals surface area contributed by atoms with E-state index in [9.17, 15) is 14.9 Å². The van der Waals surface area contributed by atoms with E-state index in [2.05, 4.69) is 5.32 Å². The largest absolute Gasteiger partial charge is 0.346 e. The molecular formula is C18H20N2O3. The number of benzene rings is 2. The zero-order valence-corrected chi connectivity index (χ0v) is 13.7. The van der Waals surface area contributed by atoms with Crippen molar-refractivity contribution in [2.75, 3.05) is 0 Å². The van der Waals surface area contributed by atoms with Crippen LogP contribution in [0.3, 0.4) is 0 Å². The highest BCUT2D eigenvalue weighted by Gasteiger charge is 2.17. The molecule has 0 spiro atoms. The molecule has 0 radical (unpaired) electrons. The molecule has 0 aliphatic heterocycles. The van der Waals surface area contributed by atoms with E-state index in [1.165, 1.54) is 6.07 Å². The SMILES string of the molecule is Cc1ccc(C)c([C@H](C)NC(=O)c2ccc(C)c([N+](=O)[O-])c2)c1. The molecule has 0 aliphatic rings. The minimum atomic E-state index is -0.472. The molecule has 0 bridgehead atoms. The summed E-state index contributed by atoms with van der Waals surface area (Å²) >= 11 is 0. The Morgan fingerprint density at radius 1 is 1.09 bits per heavy atom. The number of nitro benzene ring substituents is 1. The highest BCUT2D eigenvalue weighted by Crippen LogP contribution is 2.22. The smallest absolute Gasteiger partial charge is 0.273 e. The molecule has 0 aliphatic carbocycles. The summed E-state index contributed by atoms with van der Waals surface area (Å²) in [4.78, 5) is 22.9. The number of carbonyl (C=O) groups excluding carboxylic acids is 1. The Labute approximate surface area is 135 Å². The van der Waals surface area contributed by atoms with E-state index in [1.807, 2.05) is 39.0 Å². The molecule has 2 aromatic carbocycles. The van der Waals surface area contributed by atoms with Crippen LogP contribution in [0.1, 0.15) is 45.6 Å². The lowest BCUT2D eigenvalue weighted by molar-refractivity contribution is -0.385.